The second-order valence-electron chi connectivity index (χ2n) is 6.51. The van der Waals surface area contributed by atoms with Crippen LogP contribution >= 0.6 is 0 Å². The molecule has 0 spiro atoms. The van der Waals surface area contributed by atoms with Crippen LogP contribution in [-0.2, 0) is 4.79 Å². The summed E-state index contributed by atoms with van der Waals surface area (Å²) in [6.45, 7) is 1.82. The van der Waals surface area contributed by atoms with Gasteiger partial charge < -0.3 is 9.42 Å². The van der Waals surface area contributed by atoms with Crippen LogP contribution in [0.5, 0.6) is 0 Å². The standard InChI is InChI=1S/C20H24N2O3/c23-18(11-5-2-6-12-20(24)22-13-7-8-14-22)17-15-19(25-21-17)16-9-3-1-4-10-16/h1,3-4,9-10,15H,2,5-8,11-14H2. The van der Waals surface area contributed by atoms with Gasteiger partial charge in [0.1, 0.15) is 5.69 Å². The molecule has 0 unspecified atom stereocenters. The summed E-state index contributed by atoms with van der Waals surface area (Å²) < 4.78 is 5.27. The van der Waals surface area contributed by atoms with Gasteiger partial charge >= 0.3 is 0 Å². The minimum atomic E-state index is -0.00296. The van der Waals surface area contributed by atoms with Gasteiger partial charge in [-0.25, -0.2) is 0 Å². The van der Waals surface area contributed by atoms with Crippen molar-refractivity contribution in [3.8, 4) is 11.3 Å². The highest BCUT2D eigenvalue weighted by Crippen LogP contribution is 2.21. The minimum Gasteiger partial charge on any atom is -0.356 e. The van der Waals surface area contributed by atoms with E-state index in [4.69, 9.17) is 4.52 Å². The summed E-state index contributed by atoms with van der Waals surface area (Å²) in [4.78, 5) is 26.1. The fourth-order valence-corrected chi connectivity index (χ4v) is 3.14. The summed E-state index contributed by atoms with van der Waals surface area (Å²) in [5.41, 5.74) is 1.29. The van der Waals surface area contributed by atoms with Crippen molar-refractivity contribution in [3.63, 3.8) is 0 Å². The van der Waals surface area contributed by atoms with Gasteiger partial charge in [0.25, 0.3) is 0 Å². The molecule has 25 heavy (non-hydrogen) atoms. The summed E-state index contributed by atoms with van der Waals surface area (Å²) in [5, 5.41) is 3.89. The first-order chi connectivity index (χ1) is 12.2. The zero-order valence-electron chi connectivity index (χ0n) is 14.4. The number of hydrogen-bond acceptors (Lipinski definition) is 4. The maximum absolute atomic E-state index is 12.2. The number of carbonyl (C=O) groups is 2. The lowest BCUT2D eigenvalue weighted by atomic mass is 10.1. The molecule has 0 atom stereocenters. The van der Waals surface area contributed by atoms with Gasteiger partial charge in [0.15, 0.2) is 11.5 Å². The Bertz CT molecular complexity index is 703. The monoisotopic (exact) mass is 340 g/mol. The molecule has 0 saturated carbocycles. The Morgan fingerprint density at radius 1 is 1.00 bits per heavy atom. The zero-order valence-corrected chi connectivity index (χ0v) is 14.4. The molecule has 0 radical (unpaired) electrons. The van der Waals surface area contributed by atoms with Gasteiger partial charge in [-0.2, -0.15) is 0 Å². The molecule has 1 aromatic carbocycles. The van der Waals surface area contributed by atoms with E-state index in [2.05, 4.69) is 5.16 Å². The van der Waals surface area contributed by atoms with Crippen LogP contribution in [0.3, 0.4) is 0 Å². The molecular formula is C20H24N2O3. The highest BCUT2D eigenvalue weighted by atomic mass is 16.5. The Morgan fingerprint density at radius 3 is 2.48 bits per heavy atom. The first-order valence-electron chi connectivity index (χ1n) is 9.07. The number of hydrogen-bond donors (Lipinski definition) is 0. The average Bonchev–Trinajstić information content (AvgIpc) is 3.34. The summed E-state index contributed by atoms with van der Waals surface area (Å²) in [6.07, 6.45) is 5.80. The molecule has 0 N–H and O–H groups in total. The van der Waals surface area contributed by atoms with Crippen molar-refractivity contribution in [1.29, 1.82) is 0 Å². The van der Waals surface area contributed by atoms with Crippen molar-refractivity contribution in [2.24, 2.45) is 0 Å². The number of carbonyl (C=O) groups excluding carboxylic acids is 2. The molecule has 2 aromatic rings. The fourth-order valence-electron chi connectivity index (χ4n) is 3.14. The summed E-state index contributed by atoms with van der Waals surface area (Å²) in [7, 11) is 0. The average molecular weight is 340 g/mol. The maximum Gasteiger partial charge on any atom is 0.222 e. The second kappa shape index (κ2) is 8.60. The van der Waals surface area contributed by atoms with Gasteiger partial charge in [-0.3, -0.25) is 9.59 Å². The molecular weight excluding hydrogens is 316 g/mol. The third kappa shape index (κ3) is 4.78. The lowest BCUT2D eigenvalue weighted by Gasteiger charge is -2.14. The lowest BCUT2D eigenvalue weighted by molar-refractivity contribution is -0.130. The summed E-state index contributed by atoms with van der Waals surface area (Å²) in [5.74, 6) is 0.866. The minimum absolute atomic E-state index is 0.00296. The Labute approximate surface area is 148 Å². The smallest absolute Gasteiger partial charge is 0.222 e. The Morgan fingerprint density at radius 2 is 1.72 bits per heavy atom. The number of rotatable bonds is 8. The molecule has 5 heteroatoms. The Hall–Kier alpha value is -2.43. The van der Waals surface area contributed by atoms with Crippen LogP contribution in [0.4, 0.5) is 0 Å². The molecule has 1 amide bonds. The largest absolute Gasteiger partial charge is 0.356 e. The van der Waals surface area contributed by atoms with Crippen LogP contribution in [0.15, 0.2) is 40.9 Å². The van der Waals surface area contributed by atoms with E-state index < -0.39 is 0 Å². The van der Waals surface area contributed by atoms with Gasteiger partial charge in [0.2, 0.25) is 5.91 Å². The van der Waals surface area contributed by atoms with Crippen LogP contribution in [0.25, 0.3) is 11.3 Å². The second-order valence-corrected chi connectivity index (χ2v) is 6.51. The normalized spacial score (nSPS) is 14.0. The van der Waals surface area contributed by atoms with E-state index in [9.17, 15) is 9.59 Å². The van der Waals surface area contributed by atoms with Crippen LogP contribution in [-0.4, -0.2) is 34.8 Å². The van der Waals surface area contributed by atoms with E-state index in [1.165, 1.54) is 0 Å². The van der Waals surface area contributed by atoms with Crippen molar-refractivity contribution < 1.29 is 14.1 Å². The van der Waals surface area contributed by atoms with Crippen molar-refractivity contribution in [3.05, 3.63) is 42.1 Å². The zero-order chi connectivity index (χ0) is 17.5. The third-order valence-corrected chi connectivity index (χ3v) is 4.61. The number of likely N-dealkylation sites (tertiary alicyclic amines) is 1. The van der Waals surface area contributed by atoms with Crippen molar-refractivity contribution in [2.75, 3.05) is 13.1 Å². The third-order valence-electron chi connectivity index (χ3n) is 4.61. The fraction of sp³-hybridized carbons (Fsp3) is 0.450. The highest BCUT2D eigenvalue weighted by Gasteiger charge is 2.17. The van der Waals surface area contributed by atoms with Crippen molar-refractivity contribution in [1.82, 2.24) is 10.1 Å². The predicted molar refractivity (Wildman–Crippen MR) is 95.2 cm³/mol. The number of unbranched alkanes of at least 4 members (excludes halogenated alkanes) is 2. The van der Waals surface area contributed by atoms with E-state index in [0.29, 0.717) is 24.3 Å². The molecule has 0 bridgehead atoms. The van der Waals surface area contributed by atoms with Crippen molar-refractivity contribution in [2.45, 2.75) is 44.9 Å². The van der Waals surface area contributed by atoms with Crippen LogP contribution in [0, 0.1) is 0 Å². The van der Waals surface area contributed by atoms with E-state index >= 15 is 0 Å². The highest BCUT2D eigenvalue weighted by molar-refractivity contribution is 5.94. The molecule has 132 valence electrons. The topological polar surface area (TPSA) is 63.4 Å². The van der Waals surface area contributed by atoms with Gasteiger partial charge in [-0.15, -0.1) is 0 Å². The first kappa shape index (κ1) is 17.4. The van der Waals surface area contributed by atoms with Gasteiger partial charge in [-0.05, 0) is 25.7 Å². The molecule has 0 aliphatic carbocycles. The summed E-state index contributed by atoms with van der Waals surface area (Å²) >= 11 is 0. The molecule has 5 nitrogen and oxygen atoms in total. The Kier molecular flexibility index (Phi) is 5.99. The van der Waals surface area contributed by atoms with Crippen LogP contribution in [0.1, 0.15) is 55.4 Å². The quantitative estimate of drug-likeness (QED) is 0.536. The van der Waals surface area contributed by atoms with Crippen LogP contribution in [0.2, 0.25) is 0 Å². The molecule has 1 aromatic heterocycles. The SMILES string of the molecule is O=C(CCCCCC(=O)N1CCCC1)c1cc(-c2ccccc2)on1. The van der Waals surface area contributed by atoms with E-state index in [1.807, 2.05) is 35.2 Å². The molecule has 1 aliphatic rings. The summed E-state index contributed by atoms with van der Waals surface area (Å²) in [6, 6.07) is 11.3. The Balaban J connectivity index is 1.38. The predicted octanol–water partition coefficient (Wildman–Crippen LogP) is 4.10. The van der Waals surface area contributed by atoms with Gasteiger partial charge in [0, 0.05) is 37.6 Å². The molecule has 2 heterocycles. The number of ketones is 1. The van der Waals surface area contributed by atoms with E-state index in [-0.39, 0.29) is 11.7 Å². The maximum atomic E-state index is 12.2. The number of Topliss-reactive ketones (excluding diaryl/α,β-unsaturated/α-hetero) is 1. The van der Waals surface area contributed by atoms with Gasteiger partial charge in [-0.1, -0.05) is 41.9 Å². The number of amides is 1. The molecule has 1 fully saturated rings. The van der Waals surface area contributed by atoms with Crippen LogP contribution < -0.4 is 0 Å². The molecule has 1 saturated heterocycles. The number of aromatic nitrogens is 1. The van der Waals surface area contributed by atoms with E-state index in [1.54, 1.807) is 6.07 Å². The first-order valence-corrected chi connectivity index (χ1v) is 9.07. The number of benzene rings is 1. The van der Waals surface area contributed by atoms with E-state index in [0.717, 1.165) is 50.8 Å². The number of nitrogens with zero attached hydrogens (tertiary/aromatic N) is 2. The molecule has 3 rings (SSSR count). The van der Waals surface area contributed by atoms with Gasteiger partial charge in [0.05, 0.1) is 0 Å². The lowest BCUT2D eigenvalue weighted by Crippen LogP contribution is -2.27. The van der Waals surface area contributed by atoms with Crippen molar-refractivity contribution >= 4 is 11.7 Å². The molecule has 1 aliphatic heterocycles.